The van der Waals surface area contributed by atoms with Crippen molar-refractivity contribution in [3.63, 3.8) is 0 Å². The molecule has 6 heteroatoms. The van der Waals surface area contributed by atoms with Gasteiger partial charge in [0.2, 0.25) is 0 Å². The predicted molar refractivity (Wildman–Crippen MR) is 92.7 cm³/mol. The number of nitrogens with zero attached hydrogens (tertiary/aromatic N) is 1. The Morgan fingerprint density at radius 3 is 2.85 bits per heavy atom. The van der Waals surface area contributed by atoms with Crippen LogP contribution in [0.1, 0.15) is 18.6 Å². The summed E-state index contributed by atoms with van der Waals surface area (Å²) in [5, 5.41) is 12.9. The van der Waals surface area contributed by atoms with Crippen molar-refractivity contribution < 1.29 is 9.84 Å². The molecule has 1 atom stereocenters. The molecule has 0 bridgehead atoms. The number of ether oxygens (including phenoxy) is 1. The van der Waals surface area contributed by atoms with Gasteiger partial charge in [-0.1, -0.05) is 24.3 Å². The second-order valence-corrected chi connectivity index (χ2v) is 4.33. The number of methoxy groups -OCH3 is 1. The van der Waals surface area contributed by atoms with Crippen molar-refractivity contribution in [2.24, 2.45) is 10.7 Å². The zero-order chi connectivity index (χ0) is 14.3. The summed E-state index contributed by atoms with van der Waals surface area (Å²) in [5.74, 6) is 0.999. The van der Waals surface area contributed by atoms with E-state index in [4.69, 9.17) is 10.5 Å². The van der Waals surface area contributed by atoms with E-state index in [1.807, 2.05) is 25.1 Å². The zero-order valence-electron chi connectivity index (χ0n) is 11.8. The quantitative estimate of drug-likeness (QED) is 0.299. The molecule has 4 N–H and O–H groups in total. The topological polar surface area (TPSA) is 79.9 Å². The van der Waals surface area contributed by atoms with E-state index in [-0.39, 0.29) is 30.5 Å². The van der Waals surface area contributed by atoms with Gasteiger partial charge in [0.25, 0.3) is 0 Å². The number of rotatable bonds is 6. The minimum Gasteiger partial charge on any atom is -0.497 e. The molecular formula is C14H22IN3O2. The minimum atomic E-state index is -0.708. The van der Waals surface area contributed by atoms with Crippen LogP contribution in [-0.2, 0) is 0 Å². The molecule has 20 heavy (non-hydrogen) atoms. The summed E-state index contributed by atoms with van der Waals surface area (Å²) in [7, 11) is 1.59. The largest absolute Gasteiger partial charge is 0.497 e. The molecule has 0 saturated carbocycles. The van der Waals surface area contributed by atoms with Gasteiger partial charge in [0.15, 0.2) is 5.96 Å². The number of aliphatic imine (C=N–C) groups is 1. The normalized spacial score (nSPS) is 12.2. The first-order chi connectivity index (χ1) is 9.02. The third kappa shape index (κ3) is 6.76. The van der Waals surface area contributed by atoms with Crippen LogP contribution in [-0.4, -0.2) is 31.3 Å². The maximum Gasteiger partial charge on any atom is 0.188 e. The number of halogens is 1. The Hall–Kier alpha value is -1.28. The van der Waals surface area contributed by atoms with Crippen LogP contribution in [0.3, 0.4) is 0 Å². The number of hydrogen-bond donors (Lipinski definition) is 3. The average molecular weight is 391 g/mol. The highest BCUT2D eigenvalue weighted by atomic mass is 127. The van der Waals surface area contributed by atoms with Crippen LogP contribution in [0.5, 0.6) is 5.75 Å². The molecule has 1 unspecified atom stereocenters. The number of benzene rings is 1. The van der Waals surface area contributed by atoms with Crippen LogP contribution in [0, 0.1) is 0 Å². The molecule has 0 aromatic heterocycles. The monoisotopic (exact) mass is 391 g/mol. The van der Waals surface area contributed by atoms with Crippen molar-refractivity contribution in [2.45, 2.75) is 13.0 Å². The van der Waals surface area contributed by atoms with Gasteiger partial charge < -0.3 is 20.9 Å². The van der Waals surface area contributed by atoms with Crippen molar-refractivity contribution in [1.29, 1.82) is 0 Å². The van der Waals surface area contributed by atoms with Crippen LogP contribution in [0.4, 0.5) is 0 Å². The lowest BCUT2D eigenvalue weighted by Crippen LogP contribution is -2.33. The van der Waals surface area contributed by atoms with Gasteiger partial charge >= 0.3 is 0 Å². The van der Waals surface area contributed by atoms with E-state index in [1.165, 1.54) is 0 Å². The Labute approximate surface area is 136 Å². The molecule has 0 saturated heterocycles. The highest BCUT2D eigenvalue weighted by Gasteiger charge is 2.07. The van der Waals surface area contributed by atoms with Crippen molar-refractivity contribution in [1.82, 2.24) is 5.32 Å². The number of hydrogen-bond acceptors (Lipinski definition) is 3. The second-order valence-electron chi connectivity index (χ2n) is 4.33. The van der Waals surface area contributed by atoms with Gasteiger partial charge in [0.05, 0.1) is 19.8 Å². The smallest absolute Gasteiger partial charge is 0.188 e. The van der Waals surface area contributed by atoms with Gasteiger partial charge in [-0.3, -0.25) is 4.99 Å². The summed E-state index contributed by atoms with van der Waals surface area (Å²) >= 11 is 0. The lowest BCUT2D eigenvalue weighted by atomic mass is 10.1. The fraction of sp³-hybridized carbons (Fsp3) is 0.357. The summed E-state index contributed by atoms with van der Waals surface area (Å²) in [5.41, 5.74) is 7.38. The molecule has 0 heterocycles. The number of aliphatic hydroxyl groups is 1. The Bertz CT molecular complexity index is 463. The molecule has 1 rings (SSSR count). The first-order valence-corrected chi connectivity index (χ1v) is 6.03. The Kier molecular flexibility index (Phi) is 8.98. The predicted octanol–water partition coefficient (Wildman–Crippen LogP) is 1.83. The summed E-state index contributed by atoms with van der Waals surface area (Å²) in [4.78, 5) is 4.08. The molecule has 0 amide bonds. The summed E-state index contributed by atoms with van der Waals surface area (Å²) in [6, 6.07) is 7.24. The highest BCUT2D eigenvalue weighted by Crippen LogP contribution is 2.19. The van der Waals surface area contributed by atoms with Crippen molar-refractivity contribution >= 4 is 29.9 Å². The van der Waals surface area contributed by atoms with Gasteiger partial charge in [-0.15, -0.1) is 24.0 Å². The van der Waals surface area contributed by atoms with E-state index in [0.717, 1.165) is 11.1 Å². The van der Waals surface area contributed by atoms with Crippen LogP contribution < -0.4 is 15.8 Å². The molecule has 0 fully saturated rings. The molecule has 0 radical (unpaired) electrons. The Balaban J connectivity index is 0.00000361. The first-order valence-electron chi connectivity index (χ1n) is 6.03. The maximum atomic E-state index is 10.0. The molecule has 0 aliphatic heterocycles. The number of nitrogens with one attached hydrogen (secondary N) is 1. The van der Waals surface area contributed by atoms with Crippen LogP contribution in [0.2, 0.25) is 0 Å². The van der Waals surface area contributed by atoms with Crippen molar-refractivity contribution in [2.75, 3.05) is 20.2 Å². The zero-order valence-corrected chi connectivity index (χ0v) is 14.1. The summed E-state index contributed by atoms with van der Waals surface area (Å²) < 4.78 is 5.10. The van der Waals surface area contributed by atoms with Gasteiger partial charge in [0.1, 0.15) is 5.75 Å². The molecule has 0 spiro atoms. The summed E-state index contributed by atoms with van der Waals surface area (Å²) in [6.07, 6.45) is -0.708. The second kappa shape index (κ2) is 9.60. The van der Waals surface area contributed by atoms with E-state index in [2.05, 4.69) is 16.9 Å². The number of aliphatic hydroxyl groups excluding tert-OH is 1. The van der Waals surface area contributed by atoms with Crippen LogP contribution >= 0.6 is 24.0 Å². The maximum absolute atomic E-state index is 10.0. The highest BCUT2D eigenvalue weighted by molar-refractivity contribution is 14.0. The molecule has 1 aromatic carbocycles. The van der Waals surface area contributed by atoms with Gasteiger partial charge in [0, 0.05) is 6.54 Å². The first kappa shape index (κ1) is 18.7. The van der Waals surface area contributed by atoms with E-state index in [0.29, 0.717) is 18.3 Å². The molecule has 0 aliphatic carbocycles. The SMILES string of the molecule is C=C(C)CNC(N)=NCC(O)c1cccc(OC)c1.I. The Morgan fingerprint density at radius 2 is 2.25 bits per heavy atom. The fourth-order valence-corrected chi connectivity index (χ4v) is 1.44. The molecule has 112 valence electrons. The third-order valence-electron chi connectivity index (χ3n) is 2.48. The fourth-order valence-electron chi connectivity index (χ4n) is 1.44. The average Bonchev–Trinajstić information content (AvgIpc) is 2.42. The van der Waals surface area contributed by atoms with Crippen LogP contribution in [0.15, 0.2) is 41.4 Å². The number of guanidine groups is 1. The standard InChI is InChI=1S/C14H21N3O2.HI/c1-10(2)8-16-14(15)17-9-13(18)11-5-4-6-12(7-11)19-3;/h4-7,13,18H,1,8-9H2,2-3H3,(H3,15,16,17);1H. The van der Waals surface area contributed by atoms with E-state index in [9.17, 15) is 5.11 Å². The lowest BCUT2D eigenvalue weighted by molar-refractivity contribution is 0.186. The summed E-state index contributed by atoms with van der Waals surface area (Å²) in [6.45, 7) is 6.42. The Morgan fingerprint density at radius 1 is 1.55 bits per heavy atom. The molecule has 5 nitrogen and oxygen atoms in total. The van der Waals surface area contributed by atoms with Crippen LogP contribution in [0.25, 0.3) is 0 Å². The number of nitrogens with two attached hydrogens (primary N) is 1. The van der Waals surface area contributed by atoms with Gasteiger partial charge in [-0.05, 0) is 24.6 Å². The minimum absolute atomic E-state index is 0. The molecule has 1 aromatic rings. The van der Waals surface area contributed by atoms with Gasteiger partial charge in [-0.25, -0.2) is 0 Å². The van der Waals surface area contributed by atoms with Gasteiger partial charge in [-0.2, -0.15) is 0 Å². The van der Waals surface area contributed by atoms with Crippen molar-refractivity contribution in [3.8, 4) is 5.75 Å². The van der Waals surface area contributed by atoms with E-state index in [1.54, 1.807) is 13.2 Å². The third-order valence-corrected chi connectivity index (χ3v) is 2.48. The van der Waals surface area contributed by atoms with E-state index >= 15 is 0 Å². The van der Waals surface area contributed by atoms with E-state index < -0.39 is 6.10 Å². The molecule has 0 aliphatic rings. The lowest BCUT2D eigenvalue weighted by Gasteiger charge is -2.11. The van der Waals surface area contributed by atoms with Crippen molar-refractivity contribution in [3.05, 3.63) is 42.0 Å². The molecular weight excluding hydrogens is 369 g/mol.